The van der Waals surface area contributed by atoms with Gasteiger partial charge >= 0.3 is 6.03 Å². The minimum absolute atomic E-state index is 0.280. The lowest BCUT2D eigenvalue weighted by Gasteiger charge is -2.01. The first-order valence-corrected chi connectivity index (χ1v) is 5.06. The molecule has 0 atom stereocenters. The first kappa shape index (κ1) is 11.2. The minimum atomic E-state index is -0.408. The molecule has 0 saturated carbocycles. The Kier molecular flexibility index (Phi) is 2.82. The van der Waals surface area contributed by atoms with Gasteiger partial charge in [-0.2, -0.15) is 0 Å². The molecule has 5 heteroatoms. The summed E-state index contributed by atoms with van der Waals surface area (Å²) in [5, 5.41) is 2.50. The number of benzene rings is 1. The monoisotopic (exact) mass is 232 g/mol. The second-order valence-electron chi connectivity index (χ2n) is 3.63. The number of imide groups is 1. The number of rotatable bonds is 2. The van der Waals surface area contributed by atoms with Gasteiger partial charge in [0.1, 0.15) is 11.4 Å². The Morgan fingerprint density at radius 2 is 1.88 bits per heavy atom. The zero-order chi connectivity index (χ0) is 12.4. The third-order valence-corrected chi connectivity index (χ3v) is 2.51. The zero-order valence-electron chi connectivity index (χ0n) is 9.56. The van der Waals surface area contributed by atoms with E-state index in [4.69, 9.17) is 4.74 Å². The number of hydrogen-bond acceptors (Lipinski definition) is 3. The molecule has 88 valence electrons. The van der Waals surface area contributed by atoms with Crippen molar-refractivity contribution in [2.24, 2.45) is 0 Å². The van der Waals surface area contributed by atoms with Crippen LogP contribution in [0.4, 0.5) is 4.79 Å². The molecule has 3 amide bonds. The van der Waals surface area contributed by atoms with E-state index < -0.39 is 6.03 Å². The van der Waals surface area contributed by atoms with Gasteiger partial charge in [-0.05, 0) is 23.8 Å². The molecule has 0 bridgehead atoms. The fourth-order valence-corrected chi connectivity index (χ4v) is 1.49. The predicted molar refractivity (Wildman–Crippen MR) is 62.3 cm³/mol. The van der Waals surface area contributed by atoms with Gasteiger partial charge in [-0.15, -0.1) is 0 Å². The van der Waals surface area contributed by atoms with E-state index in [1.54, 1.807) is 25.3 Å². The van der Waals surface area contributed by atoms with Crippen LogP contribution in [-0.2, 0) is 4.79 Å². The maximum Gasteiger partial charge on any atom is 0.328 e. The van der Waals surface area contributed by atoms with E-state index in [-0.39, 0.29) is 11.6 Å². The molecule has 1 heterocycles. The van der Waals surface area contributed by atoms with E-state index in [9.17, 15) is 9.59 Å². The Labute approximate surface area is 98.7 Å². The highest BCUT2D eigenvalue weighted by atomic mass is 16.5. The molecule has 1 aliphatic rings. The molecule has 0 aromatic heterocycles. The van der Waals surface area contributed by atoms with Crippen LogP contribution in [0.1, 0.15) is 5.56 Å². The van der Waals surface area contributed by atoms with E-state index in [1.165, 1.54) is 7.05 Å². The Bertz CT molecular complexity index is 491. The zero-order valence-corrected chi connectivity index (χ0v) is 9.56. The number of amides is 3. The average molecular weight is 232 g/mol. The fraction of sp³-hybridized carbons (Fsp3) is 0.167. The summed E-state index contributed by atoms with van der Waals surface area (Å²) in [6.45, 7) is 0. The van der Waals surface area contributed by atoms with E-state index in [2.05, 4.69) is 5.32 Å². The quantitative estimate of drug-likeness (QED) is 0.616. The lowest BCUT2D eigenvalue weighted by Crippen LogP contribution is -2.25. The lowest BCUT2D eigenvalue weighted by molar-refractivity contribution is -0.121. The van der Waals surface area contributed by atoms with E-state index in [1.807, 2.05) is 12.1 Å². The summed E-state index contributed by atoms with van der Waals surface area (Å²) in [7, 11) is 3.02. The topological polar surface area (TPSA) is 58.6 Å². The molecule has 1 aliphatic heterocycles. The summed E-state index contributed by atoms with van der Waals surface area (Å²) in [6, 6.07) is 6.79. The number of urea groups is 1. The summed E-state index contributed by atoms with van der Waals surface area (Å²) < 4.78 is 5.03. The summed E-state index contributed by atoms with van der Waals surface area (Å²) >= 11 is 0. The fourth-order valence-electron chi connectivity index (χ4n) is 1.49. The van der Waals surface area contributed by atoms with Crippen LogP contribution < -0.4 is 10.1 Å². The summed E-state index contributed by atoms with van der Waals surface area (Å²) in [5.74, 6) is 0.414. The van der Waals surface area contributed by atoms with E-state index in [0.29, 0.717) is 0 Å². The first-order chi connectivity index (χ1) is 8.11. The molecule has 17 heavy (non-hydrogen) atoms. The molecule has 1 N–H and O–H groups in total. The minimum Gasteiger partial charge on any atom is -0.497 e. The maximum atomic E-state index is 11.6. The molecule has 0 spiro atoms. The molecule has 1 fully saturated rings. The van der Waals surface area contributed by atoms with Crippen LogP contribution in [0.15, 0.2) is 30.0 Å². The van der Waals surface area contributed by atoms with E-state index >= 15 is 0 Å². The third kappa shape index (κ3) is 2.13. The van der Waals surface area contributed by atoms with Crippen LogP contribution in [0.3, 0.4) is 0 Å². The van der Waals surface area contributed by atoms with Gasteiger partial charge in [0.2, 0.25) is 0 Å². The van der Waals surface area contributed by atoms with Gasteiger partial charge in [0, 0.05) is 7.05 Å². The van der Waals surface area contributed by atoms with Gasteiger partial charge in [-0.3, -0.25) is 9.69 Å². The van der Waals surface area contributed by atoms with Gasteiger partial charge in [-0.25, -0.2) is 4.79 Å². The summed E-state index contributed by atoms with van der Waals surface area (Å²) in [6.07, 6.45) is 1.63. The van der Waals surface area contributed by atoms with Gasteiger partial charge in [-0.1, -0.05) is 12.1 Å². The number of nitrogens with one attached hydrogen (secondary N) is 1. The normalized spacial score (nSPS) is 17.5. The van der Waals surface area contributed by atoms with Crippen molar-refractivity contribution in [2.45, 2.75) is 0 Å². The molecule has 0 unspecified atom stereocenters. The SMILES string of the molecule is COc1ccc(/C=C2\NC(=O)N(C)C2=O)cc1. The molecule has 5 nitrogen and oxygen atoms in total. The standard InChI is InChI=1S/C12H12N2O3/c1-14-11(15)10(13-12(14)16)7-8-3-5-9(17-2)6-4-8/h3-7H,1-2H3,(H,13,16)/b10-7-. The second-order valence-corrected chi connectivity index (χ2v) is 3.63. The number of carbonyl (C=O) groups is 2. The van der Waals surface area contributed by atoms with Crippen LogP contribution in [0.5, 0.6) is 5.75 Å². The van der Waals surface area contributed by atoms with Crippen LogP contribution in [0.25, 0.3) is 6.08 Å². The van der Waals surface area contributed by atoms with E-state index in [0.717, 1.165) is 16.2 Å². The number of methoxy groups -OCH3 is 1. The lowest BCUT2D eigenvalue weighted by atomic mass is 10.2. The van der Waals surface area contributed by atoms with Crippen LogP contribution >= 0.6 is 0 Å². The average Bonchev–Trinajstić information content (AvgIpc) is 2.58. The van der Waals surface area contributed by atoms with Crippen LogP contribution in [0.2, 0.25) is 0 Å². The van der Waals surface area contributed by atoms with Crippen molar-refractivity contribution in [3.63, 3.8) is 0 Å². The van der Waals surface area contributed by atoms with Crippen molar-refractivity contribution in [1.29, 1.82) is 0 Å². The highest BCUT2D eigenvalue weighted by molar-refractivity contribution is 6.13. The molecular formula is C12H12N2O3. The van der Waals surface area contributed by atoms with Gasteiger partial charge in [0.05, 0.1) is 7.11 Å². The van der Waals surface area contributed by atoms with Crippen LogP contribution in [-0.4, -0.2) is 31.0 Å². The highest BCUT2D eigenvalue weighted by Crippen LogP contribution is 2.15. The van der Waals surface area contributed by atoms with Gasteiger partial charge < -0.3 is 10.1 Å². The number of likely N-dealkylation sites (N-methyl/N-ethyl adjacent to an activating group) is 1. The van der Waals surface area contributed by atoms with Crippen molar-refractivity contribution in [3.8, 4) is 5.75 Å². The van der Waals surface area contributed by atoms with Crippen molar-refractivity contribution in [3.05, 3.63) is 35.5 Å². The highest BCUT2D eigenvalue weighted by Gasteiger charge is 2.29. The van der Waals surface area contributed by atoms with Crippen molar-refractivity contribution >= 4 is 18.0 Å². The number of hydrogen-bond donors (Lipinski definition) is 1. The molecule has 0 radical (unpaired) electrons. The molecule has 1 aromatic rings. The summed E-state index contributed by atoms with van der Waals surface area (Å²) in [5.41, 5.74) is 1.10. The molecule has 0 aliphatic carbocycles. The molecular weight excluding hydrogens is 220 g/mol. The van der Waals surface area contributed by atoms with Crippen molar-refractivity contribution in [1.82, 2.24) is 10.2 Å². The molecule has 2 rings (SSSR count). The largest absolute Gasteiger partial charge is 0.497 e. The Hall–Kier alpha value is -2.30. The maximum absolute atomic E-state index is 11.6. The third-order valence-electron chi connectivity index (χ3n) is 2.51. The number of carbonyl (C=O) groups excluding carboxylic acids is 2. The molecule has 1 saturated heterocycles. The Morgan fingerprint density at radius 1 is 1.24 bits per heavy atom. The smallest absolute Gasteiger partial charge is 0.328 e. The summed E-state index contributed by atoms with van der Waals surface area (Å²) in [4.78, 5) is 23.8. The first-order valence-electron chi connectivity index (χ1n) is 5.06. The van der Waals surface area contributed by atoms with Gasteiger partial charge in [0.15, 0.2) is 0 Å². The number of nitrogens with zero attached hydrogens (tertiary/aromatic N) is 1. The second kappa shape index (κ2) is 4.29. The van der Waals surface area contributed by atoms with Crippen LogP contribution in [0, 0.1) is 0 Å². The Balaban J connectivity index is 2.24. The Morgan fingerprint density at radius 3 is 2.35 bits per heavy atom. The van der Waals surface area contributed by atoms with Crippen molar-refractivity contribution in [2.75, 3.05) is 14.2 Å². The molecule has 1 aromatic carbocycles. The van der Waals surface area contributed by atoms with Gasteiger partial charge in [0.25, 0.3) is 5.91 Å². The van der Waals surface area contributed by atoms with Crippen molar-refractivity contribution < 1.29 is 14.3 Å². The number of ether oxygens (including phenoxy) is 1. The predicted octanol–water partition coefficient (Wildman–Crippen LogP) is 1.22.